The molecule has 0 amide bonds. The number of rotatable bonds is 4. The van der Waals surface area contributed by atoms with Crippen molar-refractivity contribution < 1.29 is 44.5 Å². The first-order chi connectivity index (χ1) is 21.1. The Labute approximate surface area is 267 Å². The van der Waals surface area contributed by atoms with E-state index < -0.39 is 49.2 Å². The van der Waals surface area contributed by atoms with Crippen molar-refractivity contribution in [1.82, 2.24) is 0 Å². The zero-order chi connectivity index (χ0) is 32.3. The molecule has 5 N–H and O–H groups in total. The van der Waals surface area contributed by atoms with E-state index >= 15 is 0 Å². The van der Waals surface area contributed by atoms with Gasteiger partial charge in [0.1, 0.15) is 36.6 Å². The van der Waals surface area contributed by atoms with Gasteiger partial charge in [0.15, 0.2) is 12.1 Å². The van der Waals surface area contributed by atoms with Gasteiger partial charge in [0.05, 0.1) is 18.8 Å². The summed E-state index contributed by atoms with van der Waals surface area (Å²) in [6, 6.07) is 0. The van der Waals surface area contributed by atoms with E-state index in [2.05, 4.69) is 41.2 Å². The lowest BCUT2D eigenvalue weighted by Gasteiger charge is -2.63. The van der Waals surface area contributed by atoms with E-state index in [-0.39, 0.29) is 51.3 Å². The molecule has 9 nitrogen and oxygen atoms in total. The maximum atomic E-state index is 12.6. The Morgan fingerprint density at radius 3 is 2.27 bits per heavy atom. The molecule has 5 aliphatic carbocycles. The molecular weight excluding hydrogens is 576 g/mol. The minimum absolute atomic E-state index is 0.0486. The fourth-order valence-electron chi connectivity index (χ4n) is 14.1. The normalized spacial score (nSPS) is 62.2. The van der Waals surface area contributed by atoms with Crippen LogP contribution < -0.4 is 0 Å². The van der Waals surface area contributed by atoms with Gasteiger partial charge < -0.3 is 44.5 Å². The van der Waals surface area contributed by atoms with E-state index in [4.69, 9.17) is 18.9 Å². The highest BCUT2D eigenvalue weighted by Gasteiger charge is 2.88. The zero-order valence-electron chi connectivity index (χ0n) is 27.9. The van der Waals surface area contributed by atoms with Crippen molar-refractivity contribution >= 4 is 0 Å². The van der Waals surface area contributed by atoms with Crippen molar-refractivity contribution in [3.63, 3.8) is 0 Å². The molecule has 3 spiro atoms. The van der Waals surface area contributed by atoms with Crippen LogP contribution in [0.5, 0.6) is 0 Å². The molecule has 18 atom stereocenters. The standard InChI is InChI=1S/C36H56O9/c1-17(2)27-19-14-18(3)28-32(6)12-13-35-16-34(35)11-10-23(43-29-26(40)25(39)24(38)20(15-37)42-29)31(4,5)21(34)8-9-22(35)33(32,7)30(41)36(28,44-19)45-27/h18-30,37-41H,1,8-16H2,2-7H3. The summed E-state index contributed by atoms with van der Waals surface area (Å²) in [6.07, 6.45) is 0.761. The van der Waals surface area contributed by atoms with Crippen molar-refractivity contribution in [2.75, 3.05) is 6.61 Å². The summed E-state index contributed by atoms with van der Waals surface area (Å²) in [4.78, 5) is 0. The molecule has 2 bridgehead atoms. The van der Waals surface area contributed by atoms with Gasteiger partial charge in [-0.05, 0) is 103 Å². The Bertz CT molecular complexity index is 1250. The molecule has 0 aromatic rings. The van der Waals surface area contributed by atoms with E-state index in [9.17, 15) is 25.5 Å². The lowest BCUT2D eigenvalue weighted by molar-refractivity contribution is -0.326. The van der Waals surface area contributed by atoms with Gasteiger partial charge in [-0.1, -0.05) is 41.2 Å². The molecular formula is C36H56O9. The Morgan fingerprint density at radius 1 is 0.889 bits per heavy atom. The van der Waals surface area contributed by atoms with Gasteiger partial charge in [0.2, 0.25) is 0 Å². The van der Waals surface area contributed by atoms with Crippen LogP contribution in [0.1, 0.15) is 92.9 Å². The average molecular weight is 633 g/mol. The van der Waals surface area contributed by atoms with Crippen molar-refractivity contribution in [3.8, 4) is 0 Å². The average Bonchev–Trinajstić information content (AvgIpc) is 3.50. The molecule has 8 rings (SSSR count). The van der Waals surface area contributed by atoms with Gasteiger partial charge in [-0.25, -0.2) is 0 Å². The molecule has 0 aromatic carbocycles. The fourth-order valence-corrected chi connectivity index (χ4v) is 14.1. The summed E-state index contributed by atoms with van der Waals surface area (Å²) in [5, 5.41) is 53.8. The van der Waals surface area contributed by atoms with Gasteiger partial charge in [0, 0.05) is 11.3 Å². The van der Waals surface area contributed by atoms with Crippen LogP contribution in [-0.4, -0.2) is 93.0 Å². The summed E-state index contributed by atoms with van der Waals surface area (Å²) in [6.45, 7) is 17.5. The van der Waals surface area contributed by atoms with E-state index in [1.165, 1.54) is 6.42 Å². The molecule has 3 heterocycles. The number of hydrogen-bond acceptors (Lipinski definition) is 9. The highest BCUT2D eigenvalue weighted by atomic mass is 16.8. The summed E-state index contributed by atoms with van der Waals surface area (Å²) >= 11 is 0. The second-order valence-electron chi connectivity index (χ2n) is 17.9. The van der Waals surface area contributed by atoms with Crippen LogP contribution in [0.2, 0.25) is 0 Å². The molecule has 0 aromatic heterocycles. The van der Waals surface area contributed by atoms with Gasteiger partial charge in [0.25, 0.3) is 0 Å². The van der Waals surface area contributed by atoms with Gasteiger partial charge in [-0.3, -0.25) is 0 Å². The predicted molar refractivity (Wildman–Crippen MR) is 163 cm³/mol. The summed E-state index contributed by atoms with van der Waals surface area (Å²) in [5.74, 6) is 0.328. The zero-order valence-corrected chi connectivity index (χ0v) is 27.9. The van der Waals surface area contributed by atoms with Gasteiger partial charge in [-0.2, -0.15) is 0 Å². The van der Waals surface area contributed by atoms with E-state index in [1.54, 1.807) is 0 Å². The van der Waals surface area contributed by atoms with Crippen LogP contribution in [0.3, 0.4) is 0 Å². The summed E-state index contributed by atoms with van der Waals surface area (Å²) in [7, 11) is 0. The third-order valence-corrected chi connectivity index (χ3v) is 16.1. The van der Waals surface area contributed by atoms with E-state index in [0.717, 1.165) is 50.5 Å². The van der Waals surface area contributed by atoms with Crippen LogP contribution >= 0.6 is 0 Å². The molecule has 254 valence electrons. The van der Waals surface area contributed by atoms with Crippen LogP contribution in [0.15, 0.2) is 12.2 Å². The number of ether oxygens (including phenoxy) is 4. The van der Waals surface area contributed by atoms with Crippen LogP contribution in [0.25, 0.3) is 0 Å². The molecule has 8 aliphatic rings. The Morgan fingerprint density at radius 2 is 1.58 bits per heavy atom. The minimum atomic E-state index is -1.45. The van der Waals surface area contributed by atoms with E-state index in [1.807, 2.05) is 6.92 Å². The van der Waals surface area contributed by atoms with E-state index in [0.29, 0.717) is 17.8 Å². The highest BCUT2D eigenvalue weighted by molar-refractivity contribution is 5.34. The number of aliphatic hydroxyl groups excluding tert-OH is 5. The second-order valence-corrected chi connectivity index (χ2v) is 17.9. The van der Waals surface area contributed by atoms with Crippen molar-refractivity contribution in [3.05, 3.63) is 12.2 Å². The Kier molecular flexibility index (Phi) is 6.71. The SMILES string of the molecule is C=C(C)C1OC23OC1CC(C)C2C1(C)CCC24CC25CCC(OC2OC(CO)C(O)C(O)C2O)C(C)(C)C5CCC4C1(C)C3O. The lowest BCUT2D eigenvalue weighted by Crippen LogP contribution is -2.62. The Hall–Kier alpha value is -0.620. The van der Waals surface area contributed by atoms with Crippen LogP contribution in [0.4, 0.5) is 0 Å². The third-order valence-electron chi connectivity index (χ3n) is 16.1. The Balaban J connectivity index is 1.09. The summed E-state index contributed by atoms with van der Waals surface area (Å²) < 4.78 is 26.0. The molecule has 9 heteroatoms. The van der Waals surface area contributed by atoms with Gasteiger partial charge in [-0.15, -0.1) is 0 Å². The maximum Gasteiger partial charge on any atom is 0.199 e. The molecule has 3 saturated heterocycles. The number of hydrogen-bond donors (Lipinski definition) is 5. The maximum absolute atomic E-state index is 12.6. The van der Waals surface area contributed by atoms with Crippen LogP contribution in [0, 0.1) is 50.7 Å². The topological polar surface area (TPSA) is 138 Å². The third kappa shape index (κ3) is 3.51. The monoisotopic (exact) mass is 632 g/mol. The largest absolute Gasteiger partial charge is 0.394 e. The molecule has 18 unspecified atom stereocenters. The molecule has 8 fully saturated rings. The predicted octanol–water partition coefficient (Wildman–Crippen LogP) is 3.29. The molecule has 0 radical (unpaired) electrons. The quantitative estimate of drug-likeness (QED) is 0.234. The first kappa shape index (κ1) is 31.6. The molecule has 45 heavy (non-hydrogen) atoms. The molecule has 3 aliphatic heterocycles. The van der Waals surface area contributed by atoms with Gasteiger partial charge >= 0.3 is 0 Å². The first-order valence-corrected chi connectivity index (χ1v) is 17.7. The van der Waals surface area contributed by atoms with Crippen molar-refractivity contribution in [2.24, 2.45) is 50.7 Å². The van der Waals surface area contributed by atoms with Crippen LogP contribution in [-0.2, 0) is 18.9 Å². The number of aliphatic hydroxyl groups is 5. The van der Waals surface area contributed by atoms with Crippen molar-refractivity contribution in [2.45, 2.75) is 154 Å². The number of fused-ring (bicyclic) bond motifs is 4. The molecule has 5 saturated carbocycles. The van der Waals surface area contributed by atoms with Crippen molar-refractivity contribution in [1.29, 1.82) is 0 Å². The highest BCUT2D eigenvalue weighted by Crippen LogP contribution is 2.90. The minimum Gasteiger partial charge on any atom is -0.394 e. The lowest BCUT2D eigenvalue weighted by atomic mass is 9.41. The second kappa shape index (κ2) is 9.54. The fraction of sp³-hybridized carbons (Fsp3) is 0.944. The first-order valence-electron chi connectivity index (χ1n) is 17.7. The summed E-state index contributed by atoms with van der Waals surface area (Å²) in [5.41, 5.74) is 0.649. The smallest absolute Gasteiger partial charge is 0.199 e.